The van der Waals surface area contributed by atoms with E-state index in [4.69, 9.17) is 13.3 Å². The van der Waals surface area contributed by atoms with E-state index >= 15 is 0 Å². The summed E-state index contributed by atoms with van der Waals surface area (Å²) in [4.78, 5) is 0. The molecule has 0 radical (unpaired) electrons. The quantitative estimate of drug-likeness (QED) is 0.624. The van der Waals surface area contributed by atoms with Gasteiger partial charge in [0.05, 0.1) is 0 Å². The molecular weight excluding hydrogens is 280 g/mol. The van der Waals surface area contributed by atoms with Crippen LogP contribution in [-0.4, -0.2) is 46.1 Å². The van der Waals surface area contributed by atoms with Gasteiger partial charge in [-0.05, 0) is 12.2 Å². The monoisotopic (exact) mass is 304 g/mol. The predicted molar refractivity (Wildman–Crippen MR) is 86.1 cm³/mol. The van der Waals surface area contributed by atoms with Crippen molar-refractivity contribution in [2.24, 2.45) is 0 Å². The zero-order chi connectivity index (χ0) is 13.9. The second kappa shape index (κ2) is 10.8. The summed E-state index contributed by atoms with van der Waals surface area (Å²) in [5.74, 6) is 1.07. The second-order valence-electron chi connectivity index (χ2n) is 3.61. The molecule has 0 fully saturated rings. The Kier molecular flexibility index (Phi) is 10.7. The molecule has 0 spiro atoms. The predicted octanol–water partition coefficient (Wildman–Crippen LogP) is 0.862. The van der Waals surface area contributed by atoms with Crippen LogP contribution in [0.15, 0.2) is 30.3 Å². The molecule has 18 heavy (non-hydrogen) atoms. The SMILES string of the molecule is CO[Si](OC)(OC)c1ccccc1.[SiH3]CCCS. The molecule has 0 atom stereocenters. The van der Waals surface area contributed by atoms with Gasteiger partial charge in [-0.25, -0.2) is 0 Å². The van der Waals surface area contributed by atoms with Crippen LogP contribution in [0.4, 0.5) is 0 Å². The van der Waals surface area contributed by atoms with Crippen LogP contribution in [0, 0.1) is 0 Å². The minimum atomic E-state index is -2.59. The molecule has 104 valence electrons. The Balaban J connectivity index is 0.000000494. The fourth-order valence-corrected chi connectivity index (χ4v) is 4.48. The topological polar surface area (TPSA) is 27.7 Å². The molecule has 6 heteroatoms. The summed E-state index contributed by atoms with van der Waals surface area (Å²) in [6, 6.07) is 11.1. The molecule has 0 bridgehead atoms. The first-order chi connectivity index (χ1) is 8.70. The first-order valence-electron chi connectivity index (χ1n) is 6.02. The van der Waals surface area contributed by atoms with Crippen LogP contribution in [0.1, 0.15) is 6.42 Å². The van der Waals surface area contributed by atoms with Crippen molar-refractivity contribution in [3.63, 3.8) is 0 Å². The van der Waals surface area contributed by atoms with Crippen molar-refractivity contribution >= 4 is 36.9 Å². The molecule has 0 aromatic heterocycles. The van der Waals surface area contributed by atoms with Crippen LogP contribution in [-0.2, 0) is 13.3 Å². The molecular formula is C12H24O3SSi2. The lowest BCUT2D eigenvalue weighted by Gasteiger charge is -2.24. The average Bonchev–Trinajstić information content (AvgIpc) is 2.44. The molecule has 0 N–H and O–H groups in total. The van der Waals surface area contributed by atoms with E-state index in [-0.39, 0.29) is 0 Å². The molecule has 0 saturated heterocycles. The first kappa shape index (κ1) is 17.9. The number of hydrogen-bond donors (Lipinski definition) is 1. The van der Waals surface area contributed by atoms with Crippen molar-refractivity contribution < 1.29 is 13.3 Å². The van der Waals surface area contributed by atoms with Gasteiger partial charge in [0.2, 0.25) is 0 Å². The summed E-state index contributed by atoms with van der Waals surface area (Å²) in [7, 11) is 3.57. The van der Waals surface area contributed by atoms with Gasteiger partial charge in [-0.2, -0.15) is 12.6 Å². The molecule has 0 aliphatic carbocycles. The van der Waals surface area contributed by atoms with Gasteiger partial charge in [0.15, 0.2) is 0 Å². The van der Waals surface area contributed by atoms with Crippen molar-refractivity contribution in [1.82, 2.24) is 0 Å². The summed E-state index contributed by atoms with van der Waals surface area (Å²) in [5, 5.41) is 0.975. The number of benzene rings is 1. The number of rotatable bonds is 6. The van der Waals surface area contributed by atoms with Gasteiger partial charge >= 0.3 is 8.80 Å². The summed E-state index contributed by atoms with van der Waals surface area (Å²) in [6.07, 6.45) is 1.31. The summed E-state index contributed by atoms with van der Waals surface area (Å²) in [6.45, 7) is 0. The highest BCUT2D eigenvalue weighted by Crippen LogP contribution is 2.05. The maximum atomic E-state index is 5.32. The molecule has 0 aliphatic rings. The van der Waals surface area contributed by atoms with Gasteiger partial charge in [0.25, 0.3) is 0 Å². The molecule has 1 rings (SSSR count). The van der Waals surface area contributed by atoms with E-state index in [9.17, 15) is 0 Å². The standard InChI is InChI=1S/C9H14O3Si.C3H10SSi/c1-10-13(11-2,12-3)9-7-5-4-6-8-9;4-2-1-3-5/h4-8H,1-3H3;4H,1-3H2,5H3. The van der Waals surface area contributed by atoms with Crippen LogP contribution >= 0.6 is 12.6 Å². The molecule has 3 nitrogen and oxygen atoms in total. The van der Waals surface area contributed by atoms with Crippen molar-refractivity contribution in [1.29, 1.82) is 0 Å². The van der Waals surface area contributed by atoms with Crippen molar-refractivity contribution in [2.45, 2.75) is 12.5 Å². The third-order valence-corrected chi connectivity index (χ3v) is 6.12. The Morgan fingerprint density at radius 3 is 1.83 bits per heavy atom. The van der Waals surface area contributed by atoms with Crippen LogP contribution in [0.5, 0.6) is 0 Å². The van der Waals surface area contributed by atoms with E-state index < -0.39 is 8.80 Å². The minimum absolute atomic E-state index is 0.975. The zero-order valence-corrected chi connectivity index (χ0v) is 15.6. The highest BCUT2D eigenvalue weighted by molar-refractivity contribution is 7.80. The molecule has 0 saturated carbocycles. The summed E-state index contributed by atoms with van der Waals surface area (Å²) >= 11 is 4.02. The third kappa shape index (κ3) is 5.68. The van der Waals surface area contributed by atoms with Crippen LogP contribution in [0.25, 0.3) is 0 Å². The van der Waals surface area contributed by atoms with Crippen molar-refractivity contribution in [3.8, 4) is 0 Å². The summed E-state index contributed by atoms with van der Waals surface area (Å²) in [5.41, 5.74) is 0. The van der Waals surface area contributed by atoms with Crippen molar-refractivity contribution in [2.75, 3.05) is 27.1 Å². The fourth-order valence-electron chi connectivity index (χ4n) is 1.40. The highest BCUT2D eigenvalue weighted by Gasteiger charge is 2.40. The van der Waals surface area contributed by atoms with Gasteiger partial charge in [0, 0.05) is 36.8 Å². The molecule has 0 amide bonds. The first-order valence-corrected chi connectivity index (χ1v) is 9.79. The normalized spacial score (nSPS) is 10.9. The lowest BCUT2D eigenvalue weighted by Crippen LogP contribution is -2.54. The van der Waals surface area contributed by atoms with Crippen molar-refractivity contribution in [3.05, 3.63) is 30.3 Å². The maximum absolute atomic E-state index is 5.32. The average molecular weight is 305 g/mol. The van der Waals surface area contributed by atoms with Crippen LogP contribution < -0.4 is 5.19 Å². The fraction of sp³-hybridized carbons (Fsp3) is 0.500. The molecule has 1 aromatic rings. The highest BCUT2D eigenvalue weighted by atomic mass is 32.1. The van der Waals surface area contributed by atoms with E-state index in [1.54, 1.807) is 21.3 Å². The largest absolute Gasteiger partial charge is 0.536 e. The van der Waals surface area contributed by atoms with Gasteiger partial charge in [0.1, 0.15) is 0 Å². The van der Waals surface area contributed by atoms with E-state index in [1.165, 1.54) is 22.7 Å². The zero-order valence-electron chi connectivity index (χ0n) is 11.7. The van der Waals surface area contributed by atoms with E-state index in [0.29, 0.717) is 0 Å². The van der Waals surface area contributed by atoms with E-state index in [2.05, 4.69) is 12.6 Å². The Bertz CT molecular complexity index is 284. The van der Waals surface area contributed by atoms with E-state index in [0.717, 1.165) is 10.9 Å². The smallest absolute Gasteiger partial charge is 0.373 e. The summed E-state index contributed by atoms with van der Waals surface area (Å²) < 4.78 is 16.0. The van der Waals surface area contributed by atoms with Gasteiger partial charge in [-0.3, -0.25) is 0 Å². The molecule has 0 aliphatic heterocycles. The second-order valence-corrected chi connectivity index (χ2v) is 7.97. The van der Waals surface area contributed by atoms with Crippen LogP contribution in [0.3, 0.4) is 0 Å². The third-order valence-electron chi connectivity index (χ3n) is 2.45. The van der Waals surface area contributed by atoms with Gasteiger partial charge < -0.3 is 13.3 Å². The minimum Gasteiger partial charge on any atom is -0.373 e. The van der Waals surface area contributed by atoms with E-state index in [1.807, 2.05) is 30.3 Å². The van der Waals surface area contributed by atoms with Gasteiger partial charge in [-0.15, -0.1) is 0 Å². The molecule has 1 aromatic carbocycles. The lowest BCUT2D eigenvalue weighted by atomic mass is 10.4. The molecule has 0 heterocycles. The van der Waals surface area contributed by atoms with Crippen LogP contribution in [0.2, 0.25) is 6.04 Å². The lowest BCUT2D eigenvalue weighted by molar-refractivity contribution is 0.140. The molecule has 0 unspecified atom stereocenters. The Morgan fingerprint density at radius 2 is 1.56 bits per heavy atom. The number of hydrogen-bond acceptors (Lipinski definition) is 4. The van der Waals surface area contributed by atoms with Gasteiger partial charge in [-0.1, -0.05) is 36.4 Å². The Labute approximate surface area is 120 Å². The Morgan fingerprint density at radius 1 is 1.06 bits per heavy atom. The number of thiol groups is 1. The Hall–Kier alpha value is -0.116. The maximum Gasteiger partial charge on any atom is 0.536 e.